The number of rotatable bonds is 9. The summed E-state index contributed by atoms with van der Waals surface area (Å²) < 4.78 is 38.5. The van der Waals surface area contributed by atoms with E-state index in [1.165, 1.54) is 31.2 Å². The second-order valence-corrected chi connectivity index (χ2v) is 11.0. The Hall–Kier alpha value is -3.89. The number of methoxy groups -OCH3 is 1. The predicted octanol–water partition coefficient (Wildman–Crippen LogP) is 2.78. The highest BCUT2D eigenvalue weighted by Gasteiger charge is 2.35. The first-order valence-electron chi connectivity index (χ1n) is 12.2. The molecule has 1 aliphatic rings. The van der Waals surface area contributed by atoms with Gasteiger partial charge in [-0.15, -0.1) is 0 Å². The maximum Gasteiger partial charge on any atom is 0.262 e. The number of carbonyl (C=O) groups excluding carboxylic acids is 2. The van der Waals surface area contributed by atoms with Crippen LogP contribution in [0.4, 0.5) is 5.69 Å². The molecule has 0 aliphatic carbocycles. The minimum Gasteiger partial charge on any atom is -0.496 e. The van der Waals surface area contributed by atoms with Crippen molar-refractivity contribution in [3.05, 3.63) is 83.9 Å². The summed E-state index contributed by atoms with van der Waals surface area (Å²) in [5.41, 5.74) is 2.24. The lowest BCUT2D eigenvalue weighted by molar-refractivity contribution is -0.128. The number of ether oxygens (including phenoxy) is 2. The lowest BCUT2D eigenvalue weighted by atomic mass is 10.1. The summed E-state index contributed by atoms with van der Waals surface area (Å²) in [6.07, 6.45) is -0.276. The Morgan fingerprint density at radius 2 is 1.79 bits per heavy atom. The summed E-state index contributed by atoms with van der Waals surface area (Å²) in [5, 5.41) is 2.87. The largest absolute Gasteiger partial charge is 0.496 e. The third-order valence-electron chi connectivity index (χ3n) is 6.36. The number of likely N-dealkylation sites (N-methyl/N-ethyl adjacent to an activating group) is 1. The van der Waals surface area contributed by atoms with Crippen molar-refractivity contribution in [3.8, 4) is 11.5 Å². The molecule has 10 heteroatoms. The van der Waals surface area contributed by atoms with Gasteiger partial charge in [0.1, 0.15) is 11.5 Å². The highest BCUT2D eigenvalue weighted by atomic mass is 32.2. The van der Waals surface area contributed by atoms with Crippen LogP contribution >= 0.6 is 0 Å². The quantitative estimate of drug-likeness (QED) is 0.450. The van der Waals surface area contributed by atoms with E-state index in [9.17, 15) is 18.0 Å². The van der Waals surface area contributed by atoms with Crippen molar-refractivity contribution in [3.63, 3.8) is 0 Å². The Kier molecular flexibility index (Phi) is 8.33. The smallest absolute Gasteiger partial charge is 0.262 e. The molecule has 3 aromatic rings. The van der Waals surface area contributed by atoms with E-state index >= 15 is 0 Å². The Balaban J connectivity index is 1.46. The molecule has 1 N–H and O–H groups in total. The number of fused-ring (bicyclic) bond motifs is 1. The number of benzene rings is 3. The Morgan fingerprint density at radius 3 is 2.50 bits per heavy atom. The molecule has 0 aromatic heterocycles. The predicted molar refractivity (Wildman–Crippen MR) is 144 cm³/mol. The van der Waals surface area contributed by atoms with E-state index in [1.807, 2.05) is 30.3 Å². The van der Waals surface area contributed by atoms with Gasteiger partial charge in [-0.2, -0.15) is 4.31 Å². The van der Waals surface area contributed by atoms with Crippen LogP contribution in [0.2, 0.25) is 0 Å². The molecule has 38 heavy (non-hydrogen) atoms. The van der Waals surface area contributed by atoms with E-state index in [0.29, 0.717) is 35.7 Å². The van der Waals surface area contributed by atoms with Crippen LogP contribution < -0.4 is 19.7 Å². The van der Waals surface area contributed by atoms with Gasteiger partial charge in [0.15, 0.2) is 6.10 Å². The van der Waals surface area contributed by atoms with Gasteiger partial charge < -0.3 is 19.7 Å². The standard InChI is InChI=1S/C28H31N3O6S/c1-20-17-22(13-14-24(20)36-3)38(34,35)30(2)19-27(32)31-18-26(37-25-12-8-7-11-23(25)31)28(33)29-16-15-21-9-5-4-6-10-21/h4-14,17,26H,15-16,18-19H2,1-3H3,(H,29,33)/t26-/m0/s1. The van der Waals surface area contributed by atoms with E-state index in [2.05, 4.69) is 5.32 Å². The number of nitrogens with one attached hydrogen (secondary N) is 1. The van der Waals surface area contributed by atoms with Crippen LogP contribution in [0, 0.1) is 6.92 Å². The number of carbonyl (C=O) groups is 2. The second-order valence-electron chi connectivity index (χ2n) is 9.00. The van der Waals surface area contributed by atoms with Crippen LogP contribution in [0.15, 0.2) is 77.7 Å². The molecule has 0 fully saturated rings. The number of amides is 2. The molecule has 2 amide bonds. The molecule has 3 aromatic carbocycles. The molecule has 1 heterocycles. The summed E-state index contributed by atoms with van der Waals surface area (Å²) in [6.45, 7) is 1.71. The Labute approximate surface area is 223 Å². The molecule has 1 aliphatic heterocycles. The van der Waals surface area contributed by atoms with Gasteiger partial charge in [-0.05, 0) is 54.8 Å². The van der Waals surface area contributed by atoms with Crippen molar-refractivity contribution in [2.24, 2.45) is 0 Å². The van der Waals surface area contributed by atoms with Crippen molar-refractivity contribution in [1.82, 2.24) is 9.62 Å². The van der Waals surface area contributed by atoms with E-state index in [0.717, 1.165) is 9.87 Å². The zero-order valence-corrected chi connectivity index (χ0v) is 22.4. The third-order valence-corrected chi connectivity index (χ3v) is 8.15. The molecule has 0 saturated carbocycles. The molecule has 1 atom stereocenters. The molecular weight excluding hydrogens is 506 g/mol. The molecular formula is C28H31N3O6S. The van der Waals surface area contributed by atoms with Crippen molar-refractivity contribution < 1.29 is 27.5 Å². The minimum atomic E-state index is -3.95. The zero-order valence-electron chi connectivity index (χ0n) is 21.6. The van der Waals surface area contributed by atoms with E-state index in [-0.39, 0.29) is 17.3 Å². The minimum absolute atomic E-state index is 0.0391. The van der Waals surface area contributed by atoms with Crippen LogP contribution in [-0.4, -0.2) is 64.4 Å². The number of anilines is 1. The van der Waals surface area contributed by atoms with Gasteiger partial charge in [0.05, 0.1) is 30.8 Å². The van der Waals surface area contributed by atoms with Gasteiger partial charge in [0.2, 0.25) is 15.9 Å². The second kappa shape index (κ2) is 11.7. The Morgan fingerprint density at radius 1 is 1.08 bits per heavy atom. The Bertz CT molecular complexity index is 1410. The first kappa shape index (κ1) is 27.2. The molecule has 4 rings (SSSR count). The highest BCUT2D eigenvalue weighted by molar-refractivity contribution is 7.89. The van der Waals surface area contributed by atoms with E-state index in [1.54, 1.807) is 37.3 Å². The number of hydrogen-bond donors (Lipinski definition) is 1. The first-order chi connectivity index (χ1) is 18.2. The monoisotopic (exact) mass is 537 g/mol. The van der Waals surface area contributed by atoms with Gasteiger partial charge in [0.25, 0.3) is 5.91 Å². The number of hydrogen-bond acceptors (Lipinski definition) is 6. The fourth-order valence-corrected chi connectivity index (χ4v) is 5.45. The average Bonchev–Trinajstić information content (AvgIpc) is 2.92. The fourth-order valence-electron chi connectivity index (χ4n) is 4.25. The summed E-state index contributed by atoms with van der Waals surface area (Å²) in [7, 11) is -1.08. The molecule has 0 unspecified atom stereocenters. The molecule has 0 spiro atoms. The summed E-state index contributed by atoms with van der Waals surface area (Å²) in [5.74, 6) is 0.134. The van der Waals surface area contributed by atoms with E-state index in [4.69, 9.17) is 9.47 Å². The molecule has 200 valence electrons. The molecule has 0 bridgehead atoms. The molecule has 0 radical (unpaired) electrons. The van der Waals surface area contributed by atoms with E-state index < -0.39 is 28.6 Å². The lowest BCUT2D eigenvalue weighted by Gasteiger charge is -2.35. The number of aryl methyl sites for hydroxylation is 1. The average molecular weight is 538 g/mol. The summed E-state index contributed by atoms with van der Waals surface area (Å²) >= 11 is 0. The van der Waals surface area contributed by atoms with Gasteiger partial charge in [0, 0.05) is 13.6 Å². The van der Waals surface area contributed by atoms with Crippen molar-refractivity contribution in [2.45, 2.75) is 24.3 Å². The van der Waals surface area contributed by atoms with Crippen molar-refractivity contribution >= 4 is 27.5 Å². The summed E-state index contributed by atoms with van der Waals surface area (Å²) in [4.78, 5) is 27.8. The lowest BCUT2D eigenvalue weighted by Crippen LogP contribution is -2.52. The molecule has 0 saturated heterocycles. The topological polar surface area (TPSA) is 105 Å². The highest BCUT2D eigenvalue weighted by Crippen LogP contribution is 2.33. The van der Waals surface area contributed by atoms with Crippen LogP contribution in [0.1, 0.15) is 11.1 Å². The normalized spacial score (nSPS) is 14.9. The maximum absolute atomic E-state index is 13.4. The number of sulfonamides is 1. The zero-order chi connectivity index (χ0) is 27.3. The van der Waals surface area contributed by atoms with Crippen molar-refractivity contribution in [1.29, 1.82) is 0 Å². The SMILES string of the molecule is COc1ccc(S(=O)(=O)N(C)CC(=O)N2C[C@@H](C(=O)NCCc3ccccc3)Oc3ccccc32)cc1C. The van der Waals surface area contributed by atoms with Gasteiger partial charge >= 0.3 is 0 Å². The van der Waals surface area contributed by atoms with Crippen molar-refractivity contribution in [2.75, 3.05) is 38.7 Å². The fraction of sp³-hybridized carbons (Fsp3) is 0.286. The third kappa shape index (κ3) is 5.98. The molecule has 9 nitrogen and oxygen atoms in total. The first-order valence-corrected chi connectivity index (χ1v) is 13.6. The summed E-state index contributed by atoms with van der Waals surface area (Å²) in [6, 6.07) is 21.2. The van der Waals surface area contributed by atoms with Gasteiger partial charge in [-0.3, -0.25) is 9.59 Å². The van der Waals surface area contributed by atoms with Crippen LogP contribution in [-0.2, 0) is 26.0 Å². The maximum atomic E-state index is 13.4. The number of nitrogens with zero attached hydrogens (tertiary/aromatic N) is 2. The van der Waals surface area contributed by atoms with Crippen LogP contribution in [0.3, 0.4) is 0 Å². The van der Waals surface area contributed by atoms with Crippen LogP contribution in [0.5, 0.6) is 11.5 Å². The van der Waals surface area contributed by atoms with Gasteiger partial charge in [-0.25, -0.2) is 8.42 Å². The van der Waals surface area contributed by atoms with Crippen LogP contribution in [0.25, 0.3) is 0 Å². The number of para-hydroxylation sites is 2. The van der Waals surface area contributed by atoms with Gasteiger partial charge in [-0.1, -0.05) is 42.5 Å².